The molecule has 0 aliphatic rings. The lowest BCUT2D eigenvalue weighted by Gasteiger charge is -2.31. The van der Waals surface area contributed by atoms with Gasteiger partial charge in [-0.05, 0) is 289 Å². The number of hydrogen-bond donors (Lipinski definition) is 0. The fraction of sp³-hybridized carbons (Fsp3) is 0. The molecule has 4 nitrogen and oxygen atoms in total. The molecule has 0 bridgehead atoms. The first-order valence-corrected chi connectivity index (χ1v) is 46.6. The Morgan fingerprint density at radius 3 is 0.537 bits per heavy atom. The molecule has 0 N–H and O–H groups in total. The summed E-state index contributed by atoms with van der Waals surface area (Å²) >= 11 is 0. The maximum atomic E-state index is 2.41. The Bertz CT molecular complexity index is 7310. The zero-order valence-corrected chi connectivity index (χ0v) is 75.1. The Labute approximate surface area is 796 Å². The Balaban J connectivity index is 0.000000158. The van der Waals surface area contributed by atoms with Crippen molar-refractivity contribution in [3.63, 3.8) is 0 Å². The van der Waals surface area contributed by atoms with Crippen LogP contribution in [0.2, 0.25) is 0 Å². The molecule has 0 aliphatic carbocycles. The van der Waals surface area contributed by atoms with Crippen molar-refractivity contribution in [1.29, 1.82) is 0 Å². The van der Waals surface area contributed by atoms with E-state index in [-0.39, 0.29) is 0 Å². The van der Waals surface area contributed by atoms with Crippen LogP contribution < -0.4 is 19.6 Å². The van der Waals surface area contributed by atoms with Crippen LogP contribution in [0.4, 0.5) is 68.2 Å². The molecule has 23 aromatic carbocycles. The smallest absolute Gasteiger partial charge is 0.0488 e. The molecule has 136 heavy (non-hydrogen) atoms. The Kier molecular flexibility index (Phi) is 23.7. The van der Waals surface area contributed by atoms with Crippen molar-refractivity contribution in [2.45, 2.75) is 0 Å². The third kappa shape index (κ3) is 18.0. The van der Waals surface area contributed by atoms with Crippen LogP contribution >= 0.6 is 0 Å². The molecule has 0 aliphatic heterocycles. The van der Waals surface area contributed by atoms with E-state index in [1.54, 1.807) is 0 Å². The van der Waals surface area contributed by atoms with E-state index in [0.29, 0.717) is 0 Å². The van der Waals surface area contributed by atoms with Crippen LogP contribution in [-0.2, 0) is 0 Å². The Hall–Kier alpha value is -18.0. The monoisotopic (exact) mass is 1730 g/mol. The Morgan fingerprint density at radius 2 is 0.279 bits per heavy atom. The van der Waals surface area contributed by atoms with Crippen LogP contribution in [0.5, 0.6) is 0 Å². The molecule has 23 aromatic rings. The average Bonchev–Trinajstić information content (AvgIpc) is 0.782. The second-order valence-corrected chi connectivity index (χ2v) is 34.4. The summed E-state index contributed by atoms with van der Waals surface area (Å²) in [6.45, 7) is 0. The third-order valence-corrected chi connectivity index (χ3v) is 25.9. The van der Waals surface area contributed by atoms with Crippen molar-refractivity contribution in [2.75, 3.05) is 19.6 Å². The predicted octanol–water partition coefficient (Wildman–Crippen LogP) is 37.4. The molecule has 0 amide bonds. The van der Waals surface area contributed by atoms with Gasteiger partial charge in [-0.3, -0.25) is 0 Å². The molecule has 0 heterocycles. The van der Waals surface area contributed by atoms with Crippen molar-refractivity contribution in [3.05, 3.63) is 570 Å². The average molecular weight is 1740 g/mol. The molecular formula is C132H94N4. The van der Waals surface area contributed by atoms with Gasteiger partial charge in [0.1, 0.15) is 0 Å². The number of rotatable bonds is 22. The topological polar surface area (TPSA) is 13.0 Å². The standard InChI is InChI=1S/C68H48N2.C64H46N2/c1-5-17-49(18-6-1)53-29-37-59(38-30-53)69(60-39-31-54(32-40-60)50-19-7-2-8-20-50)63-45-58(68-47-57-25-13-14-26-65(57)66-27-15-16-28-67(66)68)46-64(48-63)70(61-41-33-55(34-42-61)51-21-9-3-10-22-51)62-43-35-56(36-44-62)52-23-11-4-12-24-52;1-5-15-47(16-6-1)52-27-35-59(36-28-52)65(60-37-29-53(30-38-60)48-17-7-2-8-18-48)63-44-58(57-26-25-51-23-13-14-24-56(51)43-57)45-64(46-63)66(61-39-31-54(32-40-61)49-19-9-3-10-20-49)62-41-33-55(34-42-62)50-21-11-4-12-22-50/h1-48H;1-46H. The number of hydrogen-bond acceptors (Lipinski definition) is 4. The minimum atomic E-state index is 1.04. The van der Waals surface area contributed by atoms with E-state index in [4.69, 9.17) is 0 Å². The minimum Gasteiger partial charge on any atom is -0.310 e. The minimum absolute atomic E-state index is 1.04. The van der Waals surface area contributed by atoms with Crippen LogP contribution in [0.15, 0.2) is 570 Å². The van der Waals surface area contributed by atoms with E-state index < -0.39 is 0 Å². The molecule has 0 aromatic heterocycles. The van der Waals surface area contributed by atoms with Gasteiger partial charge in [0, 0.05) is 68.2 Å². The summed E-state index contributed by atoms with van der Waals surface area (Å²) in [6.07, 6.45) is 0. The van der Waals surface area contributed by atoms with E-state index in [1.165, 1.54) is 127 Å². The van der Waals surface area contributed by atoms with Gasteiger partial charge >= 0.3 is 0 Å². The SMILES string of the molecule is c1ccc(-c2ccc(N(c3ccc(-c4ccccc4)cc3)c3cc(-c4cc5ccccc5c5ccccc45)cc(N(c4ccc(-c5ccccc5)cc4)c4ccc(-c5ccccc5)cc4)c3)cc2)cc1.c1ccc(-c2ccc(N(c3ccc(-c4ccccc4)cc3)c3cc(-c4ccc5ccccc5c4)cc(N(c4ccc(-c5ccccc5)cc4)c4ccc(-c5ccccc5)cc4)c3)cc2)cc1. The van der Waals surface area contributed by atoms with Crippen molar-refractivity contribution >= 4 is 101 Å². The van der Waals surface area contributed by atoms with Crippen LogP contribution in [-0.4, -0.2) is 0 Å². The highest BCUT2D eigenvalue weighted by molar-refractivity contribution is 6.14. The second-order valence-electron chi connectivity index (χ2n) is 34.4. The number of nitrogens with zero attached hydrogens (tertiary/aromatic N) is 4. The molecule has 4 heteroatoms. The quantitative estimate of drug-likeness (QED) is 0.0627. The highest BCUT2D eigenvalue weighted by atomic mass is 15.2. The predicted molar refractivity (Wildman–Crippen MR) is 578 cm³/mol. The van der Waals surface area contributed by atoms with Gasteiger partial charge in [0.15, 0.2) is 0 Å². The molecule has 23 rings (SSSR count). The van der Waals surface area contributed by atoms with Gasteiger partial charge in [0.2, 0.25) is 0 Å². The summed E-state index contributed by atoms with van der Waals surface area (Å²) in [5, 5.41) is 7.32. The van der Waals surface area contributed by atoms with E-state index in [9.17, 15) is 0 Å². The van der Waals surface area contributed by atoms with E-state index in [2.05, 4.69) is 590 Å². The van der Waals surface area contributed by atoms with Crippen LogP contribution in [0.25, 0.3) is 144 Å². The van der Waals surface area contributed by atoms with Crippen LogP contribution in [0.3, 0.4) is 0 Å². The first-order chi connectivity index (χ1) is 67.4. The van der Waals surface area contributed by atoms with Crippen molar-refractivity contribution in [2.24, 2.45) is 0 Å². The summed E-state index contributed by atoms with van der Waals surface area (Å²) < 4.78 is 0. The largest absolute Gasteiger partial charge is 0.310 e. The lowest BCUT2D eigenvalue weighted by molar-refractivity contribution is 1.25. The van der Waals surface area contributed by atoms with Gasteiger partial charge in [-0.2, -0.15) is 0 Å². The molecule has 0 fully saturated rings. The summed E-state index contributed by atoms with van der Waals surface area (Å²) in [5.74, 6) is 0. The highest BCUT2D eigenvalue weighted by Crippen LogP contribution is 2.50. The fourth-order valence-corrected chi connectivity index (χ4v) is 18.9. The summed E-state index contributed by atoms with van der Waals surface area (Å²) in [7, 11) is 0. The number of anilines is 12. The molecule has 642 valence electrons. The molecular weight excluding hydrogens is 1640 g/mol. The van der Waals surface area contributed by atoms with E-state index in [1.807, 2.05) is 0 Å². The summed E-state index contributed by atoms with van der Waals surface area (Å²) in [4.78, 5) is 9.61. The number of benzene rings is 23. The molecule has 0 atom stereocenters. The van der Waals surface area contributed by atoms with Crippen molar-refractivity contribution in [1.82, 2.24) is 0 Å². The molecule has 0 spiro atoms. The first-order valence-electron chi connectivity index (χ1n) is 46.6. The normalized spacial score (nSPS) is 11.1. The lowest BCUT2D eigenvalue weighted by atomic mass is 9.92. The maximum absolute atomic E-state index is 2.41. The molecule has 0 radical (unpaired) electrons. The molecule has 0 unspecified atom stereocenters. The first kappa shape index (κ1) is 83.6. The van der Waals surface area contributed by atoms with Gasteiger partial charge in [0.05, 0.1) is 0 Å². The van der Waals surface area contributed by atoms with Gasteiger partial charge in [-0.1, -0.05) is 425 Å². The van der Waals surface area contributed by atoms with Gasteiger partial charge in [0.25, 0.3) is 0 Å². The van der Waals surface area contributed by atoms with Gasteiger partial charge in [-0.15, -0.1) is 0 Å². The molecule has 0 saturated carbocycles. The van der Waals surface area contributed by atoms with E-state index >= 15 is 0 Å². The number of fused-ring (bicyclic) bond motifs is 4. The lowest BCUT2D eigenvalue weighted by Crippen LogP contribution is -2.14. The van der Waals surface area contributed by atoms with Crippen LogP contribution in [0.1, 0.15) is 0 Å². The Morgan fingerprint density at radius 1 is 0.0882 bits per heavy atom. The maximum Gasteiger partial charge on any atom is 0.0488 e. The third-order valence-electron chi connectivity index (χ3n) is 25.9. The van der Waals surface area contributed by atoms with Gasteiger partial charge in [-0.25, -0.2) is 0 Å². The van der Waals surface area contributed by atoms with Gasteiger partial charge < -0.3 is 19.6 Å². The highest BCUT2D eigenvalue weighted by Gasteiger charge is 2.25. The second kappa shape index (κ2) is 38.6. The van der Waals surface area contributed by atoms with Crippen molar-refractivity contribution in [3.8, 4) is 111 Å². The summed E-state index contributed by atoms with van der Waals surface area (Å²) in [6, 6.07) is 206. The van der Waals surface area contributed by atoms with Crippen molar-refractivity contribution < 1.29 is 0 Å². The zero-order chi connectivity index (χ0) is 90.7. The fourth-order valence-electron chi connectivity index (χ4n) is 18.9. The van der Waals surface area contributed by atoms with Crippen LogP contribution in [0, 0.1) is 0 Å². The molecule has 0 saturated heterocycles. The summed E-state index contributed by atoms with van der Waals surface area (Å²) in [5.41, 5.74) is 36.1. The van der Waals surface area contributed by atoms with E-state index in [0.717, 1.165) is 84.9 Å². The zero-order valence-electron chi connectivity index (χ0n) is 75.1.